The van der Waals surface area contributed by atoms with E-state index in [1.807, 2.05) is 6.92 Å². The highest BCUT2D eigenvalue weighted by molar-refractivity contribution is 7.80. The SMILES string of the molecule is CCNC(=S)Nc1nc(N2CCOCC2)cc(N2CCCC(C)C2)n1. The third kappa shape index (κ3) is 4.92. The fourth-order valence-corrected chi connectivity index (χ4v) is 3.53. The van der Waals surface area contributed by atoms with Gasteiger partial charge >= 0.3 is 0 Å². The van der Waals surface area contributed by atoms with Crippen LogP contribution in [0.2, 0.25) is 0 Å². The summed E-state index contributed by atoms with van der Waals surface area (Å²) in [6, 6.07) is 2.10. The van der Waals surface area contributed by atoms with Crippen LogP contribution in [-0.2, 0) is 4.74 Å². The molecule has 1 unspecified atom stereocenters. The fourth-order valence-electron chi connectivity index (χ4n) is 3.30. The molecule has 1 aromatic rings. The number of thiocarbonyl (C=S) groups is 1. The summed E-state index contributed by atoms with van der Waals surface area (Å²) in [4.78, 5) is 14.0. The van der Waals surface area contributed by atoms with E-state index in [0.29, 0.717) is 17.0 Å². The Labute approximate surface area is 155 Å². The maximum absolute atomic E-state index is 5.47. The van der Waals surface area contributed by atoms with Crippen molar-refractivity contribution in [2.45, 2.75) is 26.7 Å². The van der Waals surface area contributed by atoms with E-state index in [2.05, 4.69) is 38.4 Å². The molecule has 7 nitrogen and oxygen atoms in total. The Kier molecular flexibility index (Phi) is 6.25. The average Bonchev–Trinajstić information content (AvgIpc) is 2.62. The Balaban J connectivity index is 1.85. The van der Waals surface area contributed by atoms with Crippen LogP contribution in [0, 0.1) is 5.92 Å². The highest BCUT2D eigenvalue weighted by Crippen LogP contribution is 2.26. The van der Waals surface area contributed by atoms with E-state index in [1.54, 1.807) is 0 Å². The van der Waals surface area contributed by atoms with Gasteiger partial charge < -0.3 is 25.2 Å². The second-order valence-electron chi connectivity index (χ2n) is 6.69. The highest BCUT2D eigenvalue weighted by Gasteiger charge is 2.21. The first-order chi connectivity index (χ1) is 12.2. The van der Waals surface area contributed by atoms with Crippen LogP contribution in [0.15, 0.2) is 6.07 Å². The molecule has 2 saturated heterocycles. The van der Waals surface area contributed by atoms with Crippen molar-refractivity contribution in [3.05, 3.63) is 6.07 Å². The lowest BCUT2D eigenvalue weighted by Gasteiger charge is -2.33. The van der Waals surface area contributed by atoms with E-state index in [0.717, 1.165) is 57.6 Å². The van der Waals surface area contributed by atoms with Gasteiger partial charge in [-0.3, -0.25) is 0 Å². The quantitative estimate of drug-likeness (QED) is 0.785. The van der Waals surface area contributed by atoms with E-state index in [4.69, 9.17) is 21.9 Å². The predicted molar refractivity (Wildman–Crippen MR) is 106 cm³/mol. The molecule has 3 heterocycles. The molecule has 0 aromatic carbocycles. The second kappa shape index (κ2) is 8.62. The first-order valence-electron chi connectivity index (χ1n) is 9.17. The number of nitrogens with one attached hydrogen (secondary N) is 2. The van der Waals surface area contributed by atoms with E-state index < -0.39 is 0 Å². The molecule has 3 rings (SSSR count). The molecule has 2 fully saturated rings. The van der Waals surface area contributed by atoms with Gasteiger partial charge in [0.05, 0.1) is 13.2 Å². The maximum atomic E-state index is 5.47. The van der Waals surface area contributed by atoms with Crippen LogP contribution in [0.25, 0.3) is 0 Å². The molecule has 0 saturated carbocycles. The summed E-state index contributed by atoms with van der Waals surface area (Å²) in [5, 5.41) is 6.77. The first kappa shape index (κ1) is 18.1. The number of hydrogen-bond donors (Lipinski definition) is 2. The Morgan fingerprint density at radius 2 is 1.96 bits per heavy atom. The van der Waals surface area contributed by atoms with Gasteiger partial charge in [0, 0.05) is 38.8 Å². The Hall–Kier alpha value is -1.67. The lowest BCUT2D eigenvalue weighted by Crippen LogP contribution is -2.38. The van der Waals surface area contributed by atoms with Crippen LogP contribution in [-0.4, -0.2) is 61.0 Å². The molecule has 1 atom stereocenters. The van der Waals surface area contributed by atoms with Crippen molar-refractivity contribution in [3.8, 4) is 0 Å². The van der Waals surface area contributed by atoms with Crippen LogP contribution >= 0.6 is 12.2 Å². The van der Waals surface area contributed by atoms with E-state index in [1.165, 1.54) is 12.8 Å². The number of piperidine rings is 1. The molecule has 138 valence electrons. The first-order valence-corrected chi connectivity index (χ1v) is 9.58. The van der Waals surface area contributed by atoms with Gasteiger partial charge in [-0.2, -0.15) is 9.97 Å². The fraction of sp³-hybridized carbons (Fsp3) is 0.706. The smallest absolute Gasteiger partial charge is 0.232 e. The van der Waals surface area contributed by atoms with Gasteiger partial charge in [0.2, 0.25) is 5.95 Å². The van der Waals surface area contributed by atoms with E-state index >= 15 is 0 Å². The minimum Gasteiger partial charge on any atom is -0.378 e. The number of nitrogens with zero attached hydrogens (tertiary/aromatic N) is 4. The molecular weight excluding hydrogens is 336 g/mol. The molecule has 0 amide bonds. The summed E-state index contributed by atoms with van der Waals surface area (Å²) in [5.41, 5.74) is 0. The zero-order chi connectivity index (χ0) is 17.6. The Morgan fingerprint density at radius 3 is 2.64 bits per heavy atom. The van der Waals surface area contributed by atoms with Crippen molar-refractivity contribution in [1.82, 2.24) is 15.3 Å². The van der Waals surface area contributed by atoms with Gasteiger partial charge in [-0.25, -0.2) is 0 Å². The van der Waals surface area contributed by atoms with Crippen molar-refractivity contribution in [3.63, 3.8) is 0 Å². The number of anilines is 3. The molecule has 2 aliphatic heterocycles. The van der Waals surface area contributed by atoms with Crippen molar-refractivity contribution in [2.24, 2.45) is 5.92 Å². The summed E-state index contributed by atoms with van der Waals surface area (Å²) in [6.45, 7) is 10.3. The minimum absolute atomic E-state index is 0.555. The summed E-state index contributed by atoms with van der Waals surface area (Å²) < 4.78 is 5.47. The predicted octanol–water partition coefficient (Wildman–Crippen LogP) is 1.86. The van der Waals surface area contributed by atoms with Crippen LogP contribution in [0.3, 0.4) is 0 Å². The largest absolute Gasteiger partial charge is 0.378 e. The summed E-state index contributed by atoms with van der Waals surface area (Å²) in [5.74, 6) is 3.16. The van der Waals surface area contributed by atoms with Gasteiger partial charge in [-0.1, -0.05) is 6.92 Å². The molecule has 1 aromatic heterocycles. The Bertz CT molecular complexity index is 593. The van der Waals surface area contributed by atoms with Crippen molar-refractivity contribution < 1.29 is 4.74 Å². The molecule has 0 spiro atoms. The van der Waals surface area contributed by atoms with Gasteiger partial charge in [0.15, 0.2) is 5.11 Å². The molecular formula is C17H28N6OS. The van der Waals surface area contributed by atoms with Crippen LogP contribution in [0.4, 0.5) is 17.6 Å². The lowest BCUT2D eigenvalue weighted by atomic mass is 10.0. The standard InChI is InChI=1S/C17H28N6OS/c1-3-18-17(25)21-16-19-14(22-7-9-24-10-8-22)11-15(20-16)23-6-4-5-13(2)12-23/h11,13H,3-10,12H2,1-2H3,(H2,18,19,20,21,25). The third-order valence-electron chi connectivity index (χ3n) is 4.58. The second-order valence-corrected chi connectivity index (χ2v) is 7.09. The van der Waals surface area contributed by atoms with Crippen molar-refractivity contribution >= 4 is 34.9 Å². The van der Waals surface area contributed by atoms with Crippen LogP contribution < -0.4 is 20.4 Å². The molecule has 2 N–H and O–H groups in total. The highest BCUT2D eigenvalue weighted by atomic mass is 32.1. The number of aromatic nitrogens is 2. The number of morpholine rings is 1. The number of rotatable bonds is 4. The molecule has 8 heteroatoms. The van der Waals surface area contributed by atoms with E-state index in [-0.39, 0.29) is 0 Å². The topological polar surface area (TPSA) is 65.6 Å². The van der Waals surface area contributed by atoms with E-state index in [9.17, 15) is 0 Å². The van der Waals surface area contributed by atoms with Gasteiger partial charge in [-0.05, 0) is 37.9 Å². The minimum atomic E-state index is 0.555. The maximum Gasteiger partial charge on any atom is 0.232 e. The molecule has 2 aliphatic rings. The molecule has 0 bridgehead atoms. The zero-order valence-corrected chi connectivity index (χ0v) is 15.9. The van der Waals surface area contributed by atoms with Gasteiger partial charge in [0.25, 0.3) is 0 Å². The summed E-state index contributed by atoms with van der Waals surface area (Å²) >= 11 is 5.30. The van der Waals surface area contributed by atoms with Crippen LogP contribution in [0.5, 0.6) is 0 Å². The zero-order valence-electron chi connectivity index (χ0n) is 15.1. The monoisotopic (exact) mass is 364 g/mol. The van der Waals surface area contributed by atoms with Gasteiger partial charge in [-0.15, -0.1) is 0 Å². The normalized spacial score (nSPS) is 21.1. The van der Waals surface area contributed by atoms with Crippen molar-refractivity contribution in [1.29, 1.82) is 0 Å². The molecule has 25 heavy (non-hydrogen) atoms. The average molecular weight is 365 g/mol. The molecule has 0 radical (unpaired) electrons. The third-order valence-corrected chi connectivity index (χ3v) is 4.82. The van der Waals surface area contributed by atoms with Crippen LogP contribution in [0.1, 0.15) is 26.7 Å². The number of hydrogen-bond acceptors (Lipinski definition) is 6. The van der Waals surface area contributed by atoms with Crippen molar-refractivity contribution in [2.75, 3.05) is 61.1 Å². The van der Waals surface area contributed by atoms with Gasteiger partial charge in [0.1, 0.15) is 11.6 Å². The number of ether oxygens (including phenoxy) is 1. The summed E-state index contributed by atoms with van der Waals surface area (Å²) in [6.07, 6.45) is 2.49. The lowest BCUT2D eigenvalue weighted by molar-refractivity contribution is 0.122. The Morgan fingerprint density at radius 1 is 1.24 bits per heavy atom. The summed E-state index contributed by atoms with van der Waals surface area (Å²) in [7, 11) is 0. The molecule has 0 aliphatic carbocycles.